The molecule has 28 heavy (non-hydrogen) atoms. The molecule has 0 saturated carbocycles. The van der Waals surface area contributed by atoms with Gasteiger partial charge in [0.1, 0.15) is 10.7 Å². The summed E-state index contributed by atoms with van der Waals surface area (Å²) in [5.41, 5.74) is 3.91. The van der Waals surface area contributed by atoms with Gasteiger partial charge in [-0.05, 0) is 49.5 Å². The Bertz CT molecular complexity index is 1020. The minimum atomic E-state index is -0.640. The number of nitrogens with zero attached hydrogens (tertiary/aromatic N) is 2. The van der Waals surface area contributed by atoms with Crippen LogP contribution < -0.4 is 5.43 Å². The number of thioether (sulfide) groups is 1. The van der Waals surface area contributed by atoms with Gasteiger partial charge in [-0.25, -0.2) is 0 Å². The fraction of sp³-hybridized carbons (Fsp3) is 0.0556. The first-order valence-corrected chi connectivity index (χ1v) is 9.14. The third kappa shape index (κ3) is 4.35. The summed E-state index contributed by atoms with van der Waals surface area (Å²) >= 11 is 6.19. The third-order valence-corrected chi connectivity index (χ3v) is 4.94. The predicted molar refractivity (Wildman–Crippen MR) is 108 cm³/mol. The van der Waals surface area contributed by atoms with Crippen LogP contribution in [0.3, 0.4) is 0 Å². The van der Waals surface area contributed by atoms with Crippen molar-refractivity contribution in [3.05, 3.63) is 80.5 Å². The molecule has 0 unspecified atom stereocenters. The average molecular weight is 415 g/mol. The highest BCUT2D eigenvalue weighted by Crippen LogP contribution is 2.30. The molecule has 3 rings (SSSR count). The highest BCUT2D eigenvalue weighted by Gasteiger charge is 2.33. The molecule has 142 valence electrons. The number of amides is 2. The van der Waals surface area contributed by atoms with Crippen molar-refractivity contribution in [2.24, 2.45) is 0 Å². The number of hydrogen-bond donors (Lipinski definition) is 1. The standard InChI is InChI=1S/C18H13N3O5S2/c1-11-5-7-12(8-6-11)16(22)19-20-17(23)14(28-18(20)27)4-2-3-13-9-10-15(26-13)21(24)25/h2-10H,1H3,(H,19,22)/b3-2+,14-4-. The van der Waals surface area contributed by atoms with Crippen LogP contribution in [0.1, 0.15) is 21.7 Å². The van der Waals surface area contributed by atoms with Crippen LogP contribution >= 0.6 is 24.0 Å². The van der Waals surface area contributed by atoms with Gasteiger partial charge in [-0.2, -0.15) is 5.01 Å². The topological polar surface area (TPSA) is 106 Å². The zero-order chi connectivity index (χ0) is 20.3. The Morgan fingerprint density at radius 2 is 2.00 bits per heavy atom. The number of benzene rings is 1. The van der Waals surface area contributed by atoms with Crippen LogP contribution in [0, 0.1) is 17.0 Å². The molecule has 0 atom stereocenters. The maximum absolute atomic E-state index is 12.5. The maximum atomic E-state index is 12.5. The molecule has 1 saturated heterocycles. The van der Waals surface area contributed by atoms with E-state index in [9.17, 15) is 19.7 Å². The van der Waals surface area contributed by atoms with Crippen molar-refractivity contribution in [1.82, 2.24) is 10.4 Å². The smallest absolute Gasteiger partial charge is 0.401 e. The molecule has 2 heterocycles. The predicted octanol–water partition coefficient (Wildman–Crippen LogP) is 3.60. The lowest BCUT2D eigenvalue weighted by atomic mass is 10.1. The molecule has 1 fully saturated rings. The van der Waals surface area contributed by atoms with Crippen molar-refractivity contribution in [2.45, 2.75) is 6.92 Å². The Hall–Kier alpha value is -3.24. The molecular weight excluding hydrogens is 402 g/mol. The second kappa shape index (κ2) is 8.19. The van der Waals surface area contributed by atoms with Crippen LogP contribution in [-0.2, 0) is 4.79 Å². The van der Waals surface area contributed by atoms with Crippen LogP contribution in [0.5, 0.6) is 0 Å². The Balaban J connectivity index is 1.67. The summed E-state index contributed by atoms with van der Waals surface area (Å²) in [4.78, 5) is 35.0. The summed E-state index contributed by atoms with van der Waals surface area (Å²) in [6.07, 6.45) is 4.48. The Morgan fingerprint density at radius 1 is 1.29 bits per heavy atom. The number of furan rings is 1. The first-order valence-electron chi connectivity index (χ1n) is 7.91. The van der Waals surface area contributed by atoms with Crippen molar-refractivity contribution in [2.75, 3.05) is 0 Å². The van der Waals surface area contributed by atoms with E-state index in [4.69, 9.17) is 16.6 Å². The van der Waals surface area contributed by atoms with E-state index in [0.29, 0.717) is 10.5 Å². The van der Waals surface area contributed by atoms with E-state index in [1.54, 1.807) is 24.3 Å². The first kappa shape index (κ1) is 19.5. The monoisotopic (exact) mass is 415 g/mol. The van der Waals surface area contributed by atoms with E-state index in [1.807, 2.05) is 6.92 Å². The quantitative estimate of drug-likeness (QED) is 0.344. The molecule has 0 radical (unpaired) electrons. The van der Waals surface area contributed by atoms with Crippen molar-refractivity contribution in [1.29, 1.82) is 0 Å². The molecule has 2 amide bonds. The highest BCUT2D eigenvalue weighted by atomic mass is 32.2. The third-order valence-electron chi connectivity index (χ3n) is 3.62. The Labute approximate surface area is 169 Å². The Kier molecular flexibility index (Phi) is 5.71. The molecule has 1 N–H and O–H groups in total. The van der Waals surface area contributed by atoms with Gasteiger partial charge < -0.3 is 4.42 Å². The van der Waals surface area contributed by atoms with Crippen molar-refractivity contribution >= 4 is 52.1 Å². The number of carbonyl (C=O) groups is 2. The van der Waals surface area contributed by atoms with Gasteiger partial charge in [0.2, 0.25) is 0 Å². The summed E-state index contributed by atoms with van der Waals surface area (Å²) in [5, 5.41) is 11.6. The molecule has 1 aromatic heterocycles. The summed E-state index contributed by atoms with van der Waals surface area (Å²) < 4.78 is 5.18. The lowest BCUT2D eigenvalue weighted by Gasteiger charge is -2.15. The highest BCUT2D eigenvalue weighted by molar-refractivity contribution is 8.26. The molecule has 10 heteroatoms. The van der Waals surface area contributed by atoms with Crippen molar-refractivity contribution in [3.8, 4) is 0 Å². The number of rotatable bonds is 5. The van der Waals surface area contributed by atoms with Gasteiger partial charge in [0.15, 0.2) is 4.32 Å². The van der Waals surface area contributed by atoms with E-state index >= 15 is 0 Å². The minimum Gasteiger partial charge on any atom is -0.401 e. The minimum absolute atomic E-state index is 0.193. The largest absolute Gasteiger partial charge is 0.433 e. The van der Waals surface area contributed by atoms with E-state index in [1.165, 1.54) is 30.4 Å². The van der Waals surface area contributed by atoms with Crippen LogP contribution in [-0.4, -0.2) is 26.1 Å². The summed E-state index contributed by atoms with van der Waals surface area (Å²) in [6.45, 7) is 1.91. The molecule has 1 aliphatic heterocycles. The first-order chi connectivity index (χ1) is 13.3. The summed E-state index contributed by atoms with van der Waals surface area (Å²) in [5.74, 6) is -1.02. The number of hydrazine groups is 1. The molecular formula is C18H13N3O5S2. The van der Waals surface area contributed by atoms with E-state index in [0.717, 1.165) is 22.3 Å². The average Bonchev–Trinajstić information content (AvgIpc) is 3.23. The number of aryl methyl sites for hydroxylation is 1. The summed E-state index contributed by atoms with van der Waals surface area (Å²) in [7, 11) is 0. The van der Waals surface area contributed by atoms with Gasteiger partial charge in [-0.3, -0.25) is 25.1 Å². The van der Waals surface area contributed by atoms with Gasteiger partial charge in [0.05, 0.1) is 11.0 Å². The fourth-order valence-corrected chi connectivity index (χ4v) is 3.34. The van der Waals surface area contributed by atoms with Crippen LogP contribution in [0.25, 0.3) is 6.08 Å². The molecule has 0 aliphatic carbocycles. The van der Waals surface area contributed by atoms with Crippen LogP contribution in [0.15, 0.2) is 57.9 Å². The number of hydrogen-bond acceptors (Lipinski definition) is 7. The SMILES string of the molecule is Cc1ccc(C(=O)NN2C(=O)/C(=C/C=C/c3ccc([N+](=O)[O-])o3)SC2=S)cc1. The van der Waals surface area contributed by atoms with Gasteiger partial charge in [0, 0.05) is 5.56 Å². The van der Waals surface area contributed by atoms with Crippen molar-refractivity contribution < 1.29 is 18.9 Å². The second-order valence-corrected chi connectivity index (χ2v) is 7.31. The zero-order valence-electron chi connectivity index (χ0n) is 14.4. The molecule has 2 aromatic rings. The number of allylic oxidation sites excluding steroid dienone is 2. The molecule has 0 spiro atoms. The molecule has 8 nitrogen and oxygen atoms in total. The van der Waals surface area contributed by atoms with Gasteiger partial charge in [-0.1, -0.05) is 35.5 Å². The molecule has 1 aliphatic rings. The Morgan fingerprint density at radius 3 is 2.64 bits per heavy atom. The van der Waals surface area contributed by atoms with E-state index in [2.05, 4.69) is 5.43 Å². The number of nitrogens with one attached hydrogen (secondary N) is 1. The number of carbonyl (C=O) groups excluding carboxylic acids is 2. The van der Waals surface area contributed by atoms with E-state index in [-0.39, 0.29) is 16.0 Å². The second-order valence-electron chi connectivity index (χ2n) is 5.64. The van der Waals surface area contributed by atoms with Gasteiger partial charge >= 0.3 is 5.88 Å². The zero-order valence-corrected chi connectivity index (χ0v) is 16.1. The van der Waals surface area contributed by atoms with Crippen molar-refractivity contribution in [3.63, 3.8) is 0 Å². The summed E-state index contributed by atoms with van der Waals surface area (Å²) in [6, 6.07) is 9.58. The lowest BCUT2D eigenvalue weighted by molar-refractivity contribution is -0.402. The molecule has 1 aromatic carbocycles. The maximum Gasteiger partial charge on any atom is 0.433 e. The van der Waals surface area contributed by atoms with Crippen LogP contribution in [0.2, 0.25) is 0 Å². The number of thiocarbonyl (C=S) groups is 1. The number of nitro groups is 1. The van der Waals surface area contributed by atoms with Gasteiger partial charge in [0.25, 0.3) is 11.8 Å². The van der Waals surface area contributed by atoms with Gasteiger partial charge in [-0.15, -0.1) is 0 Å². The van der Waals surface area contributed by atoms with Crippen LogP contribution in [0.4, 0.5) is 5.88 Å². The fourth-order valence-electron chi connectivity index (χ4n) is 2.21. The van der Waals surface area contributed by atoms with E-state index < -0.39 is 16.7 Å². The normalized spacial score (nSPS) is 15.6. The molecule has 0 bridgehead atoms. The lowest BCUT2D eigenvalue weighted by Crippen LogP contribution is -2.44.